The summed E-state index contributed by atoms with van der Waals surface area (Å²) in [5.74, 6) is 0.185. The van der Waals surface area contributed by atoms with Crippen molar-refractivity contribution in [3.8, 4) is 11.4 Å². The van der Waals surface area contributed by atoms with Crippen molar-refractivity contribution in [2.24, 2.45) is 0 Å². The molecule has 1 heterocycles. The first kappa shape index (κ1) is 22.5. The third kappa shape index (κ3) is 5.49. The summed E-state index contributed by atoms with van der Waals surface area (Å²) in [6.45, 7) is 5.52. The molecule has 31 heavy (non-hydrogen) atoms. The summed E-state index contributed by atoms with van der Waals surface area (Å²) in [5.41, 5.74) is 3.39. The van der Waals surface area contributed by atoms with E-state index in [4.69, 9.17) is 4.52 Å². The minimum absolute atomic E-state index is 0.00559. The third-order valence-electron chi connectivity index (χ3n) is 4.85. The van der Waals surface area contributed by atoms with Crippen LogP contribution in [0.5, 0.6) is 0 Å². The molecule has 1 N–H and O–H groups in total. The Kier molecular flexibility index (Phi) is 6.74. The van der Waals surface area contributed by atoms with Gasteiger partial charge in [-0.15, -0.1) is 0 Å². The van der Waals surface area contributed by atoms with Gasteiger partial charge in [0.2, 0.25) is 27.6 Å². The molecule has 0 saturated carbocycles. The number of aromatic nitrogens is 2. The van der Waals surface area contributed by atoms with Crippen molar-refractivity contribution < 1.29 is 17.7 Å². The van der Waals surface area contributed by atoms with Crippen LogP contribution in [-0.4, -0.2) is 36.8 Å². The highest BCUT2D eigenvalue weighted by atomic mass is 32.2. The Morgan fingerprint density at radius 1 is 1.19 bits per heavy atom. The average Bonchev–Trinajstić information content (AvgIpc) is 3.20. The van der Waals surface area contributed by atoms with Gasteiger partial charge in [-0.2, -0.15) is 4.98 Å². The molecule has 0 aliphatic heterocycles. The molecule has 3 aromatic rings. The van der Waals surface area contributed by atoms with E-state index >= 15 is 0 Å². The average molecular weight is 443 g/mol. The number of nitrogens with one attached hydrogen (secondary N) is 1. The number of rotatable bonds is 8. The van der Waals surface area contributed by atoms with Gasteiger partial charge >= 0.3 is 0 Å². The number of nitrogens with zero attached hydrogens (tertiary/aromatic N) is 3. The number of sulfonamides is 1. The predicted octanol–water partition coefficient (Wildman–Crippen LogP) is 3.08. The third-order valence-corrected chi connectivity index (χ3v) is 6.09. The molecular weight excluding hydrogens is 416 g/mol. The molecule has 0 fully saturated rings. The van der Waals surface area contributed by atoms with Gasteiger partial charge in [0.05, 0.1) is 18.5 Å². The Labute approximate surface area is 182 Å². The van der Waals surface area contributed by atoms with Crippen molar-refractivity contribution in [1.29, 1.82) is 0 Å². The molecule has 1 amide bonds. The molecule has 0 aliphatic carbocycles. The lowest BCUT2D eigenvalue weighted by molar-refractivity contribution is -0.122. The highest BCUT2D eigenvalue weighted by Gasteiger charge is 2.29. The number of hydrogen-bond acceptors (Lipinski definition) is 6. The van der Waals surface area contributed by atoms with Gasteiger partial charge in [-0.1, -0.05) is 48.0 Å². The van der Waals surface area contributed by atoms with Crippen LogP contribution in [0.25, 0.3) is 11.4 Å². The monoisotopic (exact) mass is 442 g/mol. The summed E-state index contributed by atoms with van der Waals surface area (Å²) in [4.78, 5) is 17.0. The smallest absolute Gasteiger partial charge is 0.246 e. The molecular formula is C22H26N4O4S. The minimum Gasteiger partial charge on any atom is -0.345 e. The number of carbonyl (C=O) groups excluding carboxylic acids is 1. The van der Waals surface area contributed by atoms with Gasteiger partial charge in [0.15, 0.2) is 0 Å². The van der Waals surface area contributed by atoms with Gasteiger partial charge in [-0.3, -0.25) is 9.10 Å². The van der Waals surface area contributed by atoms with Gasteiger partial charge in [0, 0.05) is 5.56 Å². The Bertz CT molecular complexity index is 1160. The molecule has 0 aliphatic rings. The first-order chi connectivity index (χ1) is 14.7. The van der Waals surface area contributed by atoms with E-state index in [0.717, 1.165) is 33.7 Å². The van der Waals surface area contributed by atoms with Gasteiger partial charge in [-0.05, 0) is 44.0 Å². The van der Waals surface area contributed by atoms with Crippen LogP contribution in [-0.2, 0) is 27.8 Å². The van der Waals surface area contributed by atoms with Crippen LogP contribution in [0, 0.1) is 6.92 Å². The van der Waals surface area contributed by atoms with E-state index in [-0.39, 0.29) is 12.4 Å². The summed E-state index contributed by atoms with van der Waals surface area (Å²) in [5, 5.41) is 6.62. The van der Waals surface area contributed by atoms with Crippen LogP contribution in [0.15, 0.2) is 53.1 Å². The van der Waals surface area contributed by atoms with Crippen molar-refractivity contribution >= 4 is 21.6 Å². The molecule has 1 atom stereocenters. The van der Waals surface area contributed by atoms with Gasteiger partial charge < -0.3 is 9.84 Å². The zero-order valence-electron chi connectivity index (χ0n) is 18.0. The number of carbonyl (C=O) groups is 1. The Hall–Kier alpha value is -3.20. The van der Waals surface area contributed by atoms with E-state index in [1.54, 1.807) is 12.1 Å². The Morgan fingerprint density at radius 2 is 1.90 bits per heavy atom. The number of amides is 1. The first-order valence-electron chi connectivity index (χ1n) is 9.94. The summed E-state index contributed by atoms with van der Waals surface area (Å²) in [6.07, 6.45) is 1.92. The van der Waals surface area contributed by atoms with Gasteiger partial charge in [-0.25, -0.2) is 8.42 Å². The van der Waals surface area contributed by atoms with Crippen LogP contribution in [0.2, 0.25) is 0 Å². The highest BCUT2D eigenvalue weighted by Crippen LogP contribution is 2.22. The summed E-state index contributed by atoms with van der Waals surface area (Å²) in [7, 11) is -3.68. The topological polar surface area (TPSA) is 105 Å². The highest BCUT2D eigenvalue weighted by molar-refractivity contribution is 7.92. The fraction of sp³-hybridized carbons (Fsp3) is 0.318. The standard InChI is InChI=1S/C22H26N4O4S/c1-5-17-9-11-19(12-10-17)26(31(4,28)29)16(3)22(27)23-14-20-24-21(25-30-20)18-8-6-7-15(2)13-18/h6-13,16H,5,14H2,1-4H3,(H,23,27)/t16-/m1/s1. The second kappa shape index (κ2) is 9.30. The molecule has 1 aromatic heterocycles. The molecule has 9 heteroatoms. The molecule has 8 nitrogen and oxygen atoms in total. The first-order valence-corrected chi connectivity index (χ1v) is 11.8. The SMILES string of the molecule is CCc1ccc(N([C@H](C)C(=O)NCc2nc(-c3cccc(C)c3)no2)S(C)(=O)=O)cc1. The lowest BCUT2D eigenvalue weighted by atomic mass is 10.1. The number of anilines is 1. The molecule has 3 rings (SSSR count). The maximum atomic E-state index is 12.7. The molecule has 0 spiro atoms. The minimum atomic E-state index is -3.68. The number of benzene rings is 2. The van der Waals surface area contributed by atoms with Crippen molar-refractivity contribution in [2.45, 2.75) is 39.8 Å². The van der Waals surface area contributed by atoms with E-state index in [1.807, 2.05) is 50.2 Å². The summed E-state index contributed by atoms with van der Waals surface area (Å²) >= 11 is 0. The number of aryl methyl sites for hydroxylation is 2. The van der Waals surface area contributed by atoms with Crippen LogP contribution >= 0.6 is 0 Å². The predicted molar refractivity (Wildman–Crippen MR) is 119 cm³/mol. The summed E-state index contributed by atoms with van der Waals surface area (Å²) in [6, 6.07) is 13.8. The lowest BCUT2D eigenvalue weighted by Crippen LogP contribution is -2.47. The second-order valence-electron chi connectivity index (χ2n) is 7.35. The quantitative estimate of drug-likeness (QED) is 0.575. The van der Waals surface area contributed by atoms with Crippen molar-refractivity contribution in [2.75, 3.05) is 10.6 Å². The largest absolute Gasteiger partial charge is 0.345 e. The maximum absolute atomic E-state index is 12.7. The zero-order chi connectivity index (χ0) is 22.6. The van der Waals surface area contributed by atoms with Crippen LogP contribution in [0.4, 0.5) is 5.69 Å². The Morgan fingerprint density at radius 3 is 2.52 bits per heavy atom. The molecule has 0 bridgehead atoms. The van der Waals surface area contributed by atoms with Gasteiger partial charge in [0.25, 0.3) is 0 Å². The Balaban J connectivity index is 1.71. The normalized spacial score (nSPS) is 12.4. The van der Waals surface area contributed by atoms with Gasteiger partial charge in [0.1, 0.15) is 6.04 Å². The van der Waals surface area contributed by atoms with Crippen molar-refractivity contribution in [1.82, 2.24) is 15.5 Å². The molecule has 0 unspecified atom stereocenters. The second-order valence-corrected chi connectivity index (χ2v) is 9.21. The molecule has 2 aromatic carbocycles. The van der Waals surface area contributed by atoms with E-state index in [9.17, 15) is 13.2 Å². The van der Waals surface area contributed by atoms with Crippen LogP contribution in [0.3, 0.4) is 0 Å². The number of hydrogen-bond donors (Lipinski definition) is 1. The lowest BCUT2D eigenvalue weighted by Gasteiger charge is -2.28. The van der Waals surface area contributed by atoms with Crippen molar-refractivity contribution in [3.63, 3.8) is 0 Å². The van der Waals surface area contributed by atoms with Crippen LogP contribution in [0.1, 0.15) is 30.9 Å². The maximum Gasteiger partial charge on any atom is 0.246 e. The van der Waals surface area contributed by atoms with Crippen molar-refractivity contribution in [3.05, 3.63) is 65.5 Å². The summed E-state index contributed by atoms with van der Waals surface area (Å²) < 4.78 is 31.1. The molecule has 0 saturated heterocycles. The zero-order valence-corrected chi connectivity index (χ0v) is 18.8. The van der Waals surface area contributed by atoms with E-state index in [1.165, 1.54) is 6.92 Å². The fourth-order valence-corrected chi connectivity index (χ4v) is 4.40. The molecule has 0 radical (unpaired) electrons. The molecule has 164 valence electrons. The van der Waals surface area contributed by atoms with E-state index in [2.05, 4.69) is 15.5 Å². The van der Waals surface area contributed by atoms with E-state index < -0.39 is 22.0 Å². The van der Waals surface area contributed by atoms with E-state index in [0.29, 0.717) is 11.5 Å². The van der Waals surface area contributed by atoms with Crippen LogP contribution < -0.4 is 9.62 Å². The fourth-order valence-electron chi connectivity index (χ4n) is 3.23.